The van der Waals surface area contributed by atoms with E-state index >= 15 is 0 Å². The third-order valence-corrected chi connectivity index (χ3v) is 2.79. The van der Waals surface area contributed by atoms with Gasteiger partial charge < -0.3 is 5.32 Å². The second kappa shape index (κ2) is 4.23. The van der Waals surface area contributed by atoms with E-state index in [0.717, 1.165) is 25.2 Å². The molecular formula is C11H12F3N. The molecule has 82 valence electrons. The van der Waals surface area contributed by atoms with Crippen LogP contribution in [0.1, 0.15) is 24.3 Å². The predicted molar refractivity (Wildman–Crippen MR) is 51.2 cm³/mol. The SMILES string of the molecule is Fc1cc(F)c(C2CCNCC2)c(F)c1. The van der Waals surface area contributed by atoms with Gasteiger partial charge in [0.2, 0.25) is 0 Å². The molecule has 1 saturated heterocycles. The summed E-state index contributed by atoms with van der Waals surface area (Å²) < 4.78 is 39.5. The first kappa shape index (κ1) is 10.5. The Kier molecular flexibility index (Phi) is 2.95. The van der Waals surface area contributed by atoms with Crippen molar-refractivity contribution in [1.82, 2.24) is 5.32 Å². The number of halogens is 3. The first-order chi connectivity index (χ1) is 7.18. The highest BCUT2D eigenvalue weighted by molar-refractivity contribution is 5.25. The Morgan fingerprint density at radius 2 is 1.53 bits per heavy atom. The van der Waals surface area contributed by atoms with Crippen LogP contribution in [0.2, 0.25) is 0 Å². The molecule has 1 aromatic carbocycles. The van der Waals surface area contributed by atoms with Crippen molar-refractivity contribution in [1.29, 1.82) is 0 Å². The number of piperidine rings is 1. The summed E-state index contributed by atoms with van der Waals surface area (Å²) in [6, 6.07) is 1.50. The normalized spacial score (nSPS) is 18.1. The van der Waals surface area contributed by atoms with E-state index in [4.69, 9.17) is 0 Å². The Labute approximate surface area is 86.3 Å². The zero-order valence-electron chi connectivity index (χ0n) is 8.19. The third-order valence-electron chi connectivity index (χ3n) is 2.79. The Balaban J connectivity index is 2.33. The van der Waals surface area contributed by atoms with E-state index < -0.39 is 17.5 Å². The molecular weight excluding hydrogens is 203 g/mol. The number of benzene rings is 1. The van der Waals surface area contributed by atoms with E-state index in [1.807, 2.05) is 0 Å². The summed E-state index contributed by atoms with van der Waals surface area (Å²) in [5.74, 6) is -2.52. The topological polar surface area (TPSA) is 12.0 Å². The van der Waals surface area contributed by atoms with Crippen molar-refractivity contribution in [2.24, 2.45) is 0 Å². The van der Waals surface area contributed by atoms with Gasteiger partial charge in [-0.2, -0.15) is 0 Å². The molecule has 0 aromatic heterocycles. The van der Waals surface area contributed by atoms with Crippen molar-refractivity contribution in [3.63, 3.8) is 0 Å². The molecule has 1 nitrogen and oxygen atoms in total. The molecule has 1 heterocycles. The van der Waals surface area contributed by atoms with Crippen LogP contribution < -0.4 is 5.32 Å². The second-order valence-corrected chi connectivity index (χ2v) is 3.81. The molecule has 0 radical (unpaired) electrons. The molecule has 1 aromatic rings. The van der Waals surface area contributed by atoms with Gasteiger partial charge in [-0.05, 0) is 31.8 Å². The van der Waals surface area contributed by atoms with Crippen LogP contribution in [0.4, 0.5) is 13.2 Å². The fourth-order valence-corrected chi connectivity index (χ4v) is 2.05. The first-order valence-electron chi connectivity index (χ1n) is 5.03. The second-order valence-electron chi connectivity index (χ2n) is 3.81. The van der Waals surface area contributed by atoms with Gasteiger partial charge in [0.1, 0.15) is 17.5 Å². The van der Waals surface area contributed by atoms with Crippen LogP contribution in [-0.2, 0) is 0 Å². The quantitative estimate of drug-likeness (QED) is 0.759. The summed E-state index contributed by atoms with van der Waals surface area (Å²) in [6.07, 6.45) is 1.39. The molecule has 1 aliphatic heterocycles. The van der Waals surface area contributed by atoms with Crippen molar-refractivity contribution in [3.05, 3.63) is 35.1 Å². The van der Waals surface area contributed by atoms with Gasteiger partial charge in [-0.15, -0.1) is 0 Å². The molecule has 1 fully saturated rings. The van der Waals surface area contributed by atoms with Crippen molar-refractivity contribution >= 4 is 0 Å². The summed E-state index contributed by atoms with van der Waals surface area (Å²) in [4.78, 5) is 0. The third kappa shape index (κ3) is 2.15. The smallest absolute Gasteiger partial charge is 0.132 e. The molecule has 4 heteroatoms. The minimum Gasteiger partial charge on any atom is -0.317 e. The van der Waals surface area contributed by atoms with Gasteiger partial charge in [0, 0.05) is 17.7 Å². The van der Waals surface area contributed by atoms with E-state index in [2.05, 4.69) is 5.32 Å². The Bertz CT molecular complexity index is 336. The summed E-state index contributed by atoms with van der Waals surface area (Å²) in [6.45, 7) is 1.50. The van der Waals surface area contributed by atoms with E-state index in [-0.39, 0.29) is 11.5 Å². The van der Waals surface area contributed by atoms with Gasteiger partial charge >= 0.3 is 0 Å². The highest BCUT2D eigenvalue weighted by Crippen LogP contribution is 2.30. The van der Waals surface area contributed by atoms with Gasteiger partial charge in [0.15, 0.2) is 0 Å². The largest absolute Gasteiger partial charge is 0.317 e. The van der Waals surface area contributed by atoms with Crippen molar-refractivity contribution in [3.8, 4) is 0 Å². The molecule has 2 rings (SSSR count). The predicted octanol–water partition coefficient (Wildman–Crippen LogP) is 2.57. The maximum absolute atomic E-state index is 13.4. The van der Waals surface area contributed by atoms with E-state index in [1.54, 1.807) is 0 Å². The Hall–Kier alpha value is -1.03. The summed E-state index contributed by atoms with van der Waals surface area (Å²) in [5.41, 5.74) is 0.0397. The standard InChI is InChI=1S/C11H12F3N/c12-8-5-9(13)11(10(14)6-8)7-1-3-15-4-2-7/h5-7,15H,1-4H2. The van der Waals surface area contributed by atoms with Crippen LogP contribution in [0, 0.1) is 17.5 Å². The number of hydrogen-bond acceptors (Lipinski definition) is 1. The van der Waals surface area contributed by atoms with Crippen molar-refractivity contribution in [2.75, 3.05) is 13.1 Å². The molecule has 1 N–H and O–H groups in total. The summed E-state index contributed by atoms with van der Waals surface area (Å²) in [7, 11) is 0. The molecule has 0 unspecified atom stereocenters. The lowest BCUT2D eigenvalue weighted by molar-refractivity contribution is 0.422. The van der Waals surface area contributed by atoms with Gasteiger partial charge in [0.05, 0.1) is 0 Å². The maximum atomic E-state index is 13.4. The molecule has 0 amide bonds. The lowest BCUT2D eigenvalue weighted by Gasteiger charge is -2.23. The van der Waals surface area contributed by atoms with Crippen LogP contribution in [0.5, 0.6) is 0 Å². The summed E-state index contributed by atoms with van der Waals surface area (Å²) in [5, 5.41) is 3.12. The van der Waals surface area contributed by atoms with Crippen molar-refractivity contribution in [2.45, 2.75) is 18.8 Å². The molecule has 1 aliphatic rings. The zero-order valence-corrected chi connectivity index (χ0v) is 8.19. The number of hydrogen-bond donors (Lipinski definition) is 1. The highest BCUT2D eigenvalue weighted by atomic mass is 19.1. The minimum absolute atomic E-state index is 0.0397. The van der Waals surface area contributed by atoms with E-state index in [9.17, 15) is 13.2 Å². The number of nitrogens with one attached hydrogen (secondary N) is 1. The lowest BCUT2D eigenvalue weighted by atomic mass is 9.89. The number of rotatable bonds is 1. The van der Waals surface area contributed by atoms with Gasteiger partial charge in [-0.1, -0.05) is 0 Å². The maximum Gasteiger partial charge on any atom is 0.132 e. The van der Waals surface area contributed by atoms with Gasteiger partial charge in [-0.3, -0.25) is 0 Å². The summed E-state index contributed by atoms with van der Waals surface area (Å²) >= 11 is 0. The zero-order chi connectivity index (χ0) is 10.8. The molecule has 0 spiro atoms. The van der Waals surface area contributed by atoms with Crippen molar-refractivity contribution < 1.29 is 13.2 Å². The Morgan fingerprint density at radius 1 is 1.00 bits per heavy atom. The first-order valence-corrected chi connectivity index (χ1v) is 5.03. The van der Waals surface area contributed by atoms with Crippen LogP contribution in [0.3, 0.4) is 0 Å². The van der Waals surface area contributed by atoms with E-state index in [1.165, 1.54) is 0 Å². The minimum atomic E-state index is -0.859. The fourth-order valence-electron chi connectivity index (χ4n) is 2.05. The average molecular weight is 215 g/mol. The average Bonchev–Trinajstić information content (AvgIpc) is 2.17. The highest BCUT2D eigenvalue weighted by Gasteiger charge is 2.22. The lowest BCUT2D eigenvalue weighted by Crippen LogP contribution is -2.27. The van der Waals surface area contributed by atoms with Gasteiger partial charge in [-0.25, -0.2) is 13.2 Å². The molecule has 15 heavy (non-hydrogen) atoms. The van der Waals surface area contributed by atoms with E-state index in [0.29, 0.717) is 12.8 Å². The molecule has 0 aliphatic carbocycles. The van der Waals surface area contributed by atoms with Crippen LogP contribution in [0.25, 0.3) is 0 Å². The molecule has 0 saturated carbocycles. The molecule has 0 bridgehead atoms. The fraction of sp³-hybridized carbons (Fsp3) is 0.455. The van der Waals surface area contributed by atoms with Crippen LogP contribution >= 0.6 is 0 Å². The Morgan fingerprint density at radius 3 is 2.07 bits per heavy atom. The van der Waals surface area contributed by atoms with Gasteiger partial charge in [0.25, 0.3) is 0 Å². The van der Waals surface area contributed by atoms with Crippen LogP contribution in [0.15, 0.2) is 12.1 Å². The molecule has 0 atom stereocenters. The monoisotopic (exact) mass is 215 g/mol. The van der Waals surface area contributed by atoms with Crippen LogP contribution in [-0.4, -0.2) is 13.1 Å².